The van der Waals surface area contributed by atoms with E-state index in [1.807, 2.05) is 31.2 Å². The van der Waals surface area contributed by atoms with Gasteiger partial charge in [0.05, 0.1) is 12.7 Å². The smallest absolute Gasteiger partial charge is 0.0700 e. The number of rotatable bonds is 6. The summed E-state index contributed by atoms with van der Waals surface area (Å²) in [6, 6.07) is 7.78. The molecular weight excluding hydrogens is 262 g/mol. The lowest BCUT2D eigenvalue weighted by molar-refractivity contribution is 0.0913. The standard InChI is InChI=1S/C15H22ClNO2/c1-15(11-18,17-10-14-3-2-8-19-14)9-12-4-6-13(16)7-5-12/h4-7,14,17-18H,2-3,8-11H2,1H3. The van der Waals surface area contributed by atoms with Gasteiger partial charge in [0.25, 0.3) is 0 Å². The molecule has 0 amide bonds. The fourth-order valence-corrected chi connectivity index (χ4v) is 2.52. The van der Waals surface area contributed by atoms with Crippen LogP contribution in [-0.4, -0.2) is 36.5 Å². The monoisotopic (exact) mass is 283 g/mol. The van der Waals surface area contributed by atoms with E-state index in [-0.39, 0.29) is 18.2 Å². The highest BCUT2D eigenvalue weighted by Crippen LogP contribution is 2.17. The van der Waals surface area contributed by atoms with E-state index < -0.39 is 0 Å². The lowest BCUT2D eigenvalue weighted by Crippen LogP contribution is -2.50. The van der Waals surface area contributed by atoms with E-state index in [1.54, 1.807) is 0 Å². The lowest BCUT2D eigenvalue weighted by atomic mass is 9.93. The Labute approximate surface area is 119 Å². The van der Waals surface area contributed by atoms with Crippen molar-refractivity contribution >= 4 is 11.6 Å². The first-order valence-corrected chi connectivity index (χ1v) is 7.21. The zero-order valence-corrected chi connectivity index (χ0v) is 12.1. The fraction of sp³-hybridized carbons (Fsp3) is 0.600. The lowest BCUT2D eigenvalue weighted by Gasteiger charge is -2.30. The van der Waals surface area contributed by atoms with E-state index in [0.717, 1.165) is 37.4 Å². The molecular formula is C15H22ClNO2. The number of aliphatic hydroxyl groups is 1. The van der Waals surface area contributed by atoms with Gasteiger partial charge in [-0.3, -0.25) is 0 Å². The molecule has 2 atom stereocenters. The van der Waals surface area contributed by atoms with Gasteiger partial charge in [0.2, 0.25) is 0 Å². The van der Waals surface area contributed by atoms with Crippen molar-refractivity contribution in [1.29, 1.82) is 0 Å². The van der Waals surface area contributed by atoms with Gasteiger partial charge in [0.1, 0.15) is 0 Å². The second-order valence-corrected chi connectivity index (χ2v) is 5.97. The van der Waals surface area contributed by atoms with E-state index in [0.29, 0.717) is 0 Å². The molecule has 0 spiro atoms. The Morgan fingerprint density at radius 3 is 2.74 bits per heavy atom. The highest BCUT2D eigenvalue weighted by Gasteiger charge is 2.25. The maximum Gasteiger partial charge on any atom is 0.0700 e. The number of aliphatic hydroxyl groups excluding tert-OH is 1. The van der Waals surface area contributed by atoms with Crippen molar-refractivity contribution in [2.75, 3.05) is 19.8 Å². The highest BCUT2D eigenvalue weighted by atomic mass is 35.5. The van der Waals surface area contributed by atoms with Gasteiger partial charge < -0.3 is 15.2 Å². The van der Waals surface area contributed by atoms with Gasteiger partial charge in [-0.15, -0.1) is 0 Å². The van der Waals surface area contributed by atoms with E-state index in [2.05, 4.69) is 5.32 Å². The van der Waals surface area contributed by atoms with Gasteiger partial charge in [-0.2, -0.15) is 0 Å². The topological polar surface area (TPSA) is 41.5 Å². The Hall–Kier alpha value is -0.610. The van der Waals surface area contributed by atoms with Crippen LogP contribution in [0.1, 0.15) is 25.3 Å². The first-order valence-electron chi connectivity index (χ1n) is 6.83. The summed E-state index contributed by atoms with van der Waals surface area (Å²) in [6.07, 6.45) is 3.30. The van der Waals surface area contributed by atoms with Gasteiger partial charge in [0.15, 0.2) is 0 Å². The molecule has 0 saturated carbocycles. The minimum atomic E-state index is -0.320. The largest absolute Gasteiger partial charge is 0.394 e. The summed E-state index contributed by atoms with van der Waals surface area (Å²) in [5.74, 6) is 0. The zero-order valence-electron chi connectivity index (χ0n) is 11.4. The summed E-state index contributed by atoms with van der Waals surface area (Å²) in [5.41, 5.74) is 0.848. The van der Waals surface area contributed by atoms with Crippen LogP contribution in [0.5, 0.6) is 0 Å². The van der Waals surface area contributed by atoms with Crippen molar-refractivity contribution in [3.05, 3.63) is 34.9 Å². The average molecular weight is 284 g/mol. The second kappa shape index (κ2) is 6.71. The molecule has 0 bridgehead atoms. The minimum absolute atomic E-state index is 0.0996. The van der Waals surface area contributed by atoms with E-state index in [4.69, 9.17) is 16.3 Å². The van der Waals surface area contributed by atoms with Crippen molar-refractivity contribution in [3.63, 3.8) is 0 Å². The summed E-state index contributed by atoms with van der Waals surface area (Å²) in [5, 5.41) is 13.8. The Balaban J connectivity index is 1.90. The molecule has 0 aromatic heterocycles. The van der Waals surface area contributed by atoms with Crippen LogP contribution in [0.3, 0.4) is 0 Å². The van der Waals surface area contributed by atoms with Crippen LogP contribution in [0.15, 0.2) is 24.3 Å². The van der Waals surface area contributed by atoms with Crippen LogP contribution in [0.4, 0.5) is 0 Å². The summed E-state index contributed by atoms with van der Waals surface area (Å²) in [6.45, 7) is 3.79. The minimum Gasteiger partial charge on any atom is -0.394 e. The highest BCUT2D eigenvalue weighted by molar-refractivity contribution is 6.30. The molecule has 1 heterocycles. The van der Waals surface area contributed by atoms with Crippen LogP contribution in [0.2, 0.25) is 5.02 Å². The van der Waals surface area contributed by atoms with Gasteiger partial charge >= 0.3 is 0 Å². The molecule has 2 unspecified atom stereocenters. The molecule has 1 aliphatic heterocycles. The SMILES string of the molecule is CC(CO)(Cc1ccc(Cl)cc1)NCC1CCCO1. The van der Waals surface area contributed by atoms with Crippen molar-refractivity contribution < 1.29 is 9.84 Å². The van der Waals surface area contributed by atoms with Gasteiger partial charge in [0, 0.05) is 23.7 Å². The summed E-state index contributed by atoms with van der Waals surface area (Å²) < 4.78 is 5.60. The summed E-state index contributed by atoms with van der Waals surface area (Å²) in [7, 11) is 0. The summed E-state index contributed by atoms with van der Waals surface area (Å²) in [4.78, 5) is 0. The third-order valence-corrected chi connectivity index (χ3v) is 3.89. The van der Waals surface area contributed by atoms with Crippen LogP contribution in [-0.2, 0) is 11.2 Å². The Morgan fingerprint density at radius 1 is 1.42 bits per heavy atom. The normalized spacial score (nSPS) is 22.4. The van der Waals surface area contributed by atoms with Crippen molar-refractivity contribution in [2.24, 2.45) is 0 Å². The number of halogens is 1. The molecule has 1 aromatic carbocycles. The molecule has 2 rings (SSSR count). The predicted octanol–water partition coefficient (Wildman–Crippen LogP) is 2.40. The second-order valence-electron chi connectivity index (χ2n) is 5.54. The number of benzene rings is 1. The average Bonchev–Trinajstić information content (AvgIpc) is 2.93. The van der Waals surface area contributed by atoms with Gasteiger partial charge in [-0.05, 0) is 43.9 Å². The van der Waals surface area contributed by atoms with E-state index in [1.165, 1.54) is 5.56 Å². The molecule has 3 nitrogen and oxygen atoms in total. The Kier molecular flexibility index (Phi) is 5.22. The first-order chi connectivity index (χ1) is 9.11. The number of hydrogen-bond donors (Lipinski definition) is 2. The van der Waals surface area contributed by atoms with Gasteiger partial charge in [-0.25, -0.2) is 0 Å². The molecule has 106 valence electrons. The molecule has 1 aromatic rings. The van der Waals surface area contributed by atoms with Gasteiger partial charge in [-0.1, -0.05) is 23.7 Å². The maximum atomic E-state index is 9.65. The van der Waals surface area contributed by atoms with Crippen molar-refractivity contribution in [1.82, 2.24) is 5.32 Å². The van der Waals surface area contributed by atoms with E-state index in [9.17, 15) is 5.11 Å². The molecule has 0 radical (unpaired) electrons. The van der Waals surface area contributed by atoms with Crippen LogP contribution in [0.25, 0.3) is 0 Å². The van der Waals surface area contributed by atoms with Crippen LogP contribution in [0, 0.1) is 0 Å². The molecule has 0 aliphatic carbocycles. The number of nitrogens with one attached hydrogen (secondary N) is 1. The molecule has 1 saturated heterocycles. The molecule has 1 fully saturated rings. The van der Waals surface area contributed by atoms with E-state index >= 15 is 0 Å². The predicted molar refractivity (Wildman–Crippen MR) is 77.6 cm³/mol. The van der Waals surface area contributed by atoms with Crippen molar-refractivity contribution in [2.45, 2.75) is 37.8 Å². The van der Waals surface area contributed by atoms with Crippen molar-refractivity contribution in [3.8, 4) is 0 Å². The third-order valence-electron chi connectivity index (χ3n) is 3.64. The van der Waals surface area contributed by atoms with Crippen LogP contribution >= 0.6 is 11.6 Å². The van der Waals surface area contributed by atoms with Crippen LogP contribution < -0.4 is 5.32 Å². The quantitative estimate of drug-likeness (QED) is 0.842. The first kappa shape index (κ1) is 14.8. The molecule has 19 heavy (non-hydrogen) atoms. The summed E-state index contributed by atoms with van der Waals surface area (Å²) >= 11 is 5.88. The third kappa shape index (κ3) is 4.46. The molecule has 1 aliphatic rings. The fourth-order valence-electron chi connectivity index (χ4n) is 2.39. The molecule has 4 heteroatoms. The number of hydrogen-bond acceptors (Lipinski definition) is 3. The zero-order chi connectivity index (χ0) is 13.7. The molecule has 2 N–H and O–H groups in total. The Morgan fingerprint density at radius 2 is 2.16 bits per heavy atom. The maximum absolute atomic E-state index is 9.65. The Bertz CT molecular complexity index is 390. The number of ether oxygens (including phenoxy) is 1.